The minimum atomic E-state index is -1.17. The maximum Gasteiger partial charge on any atom is 0.419 e. The number of fused-ring (bicyclic) bond motifs is 1. The number of aromatic nitrogens is 1. The van der Waals surface area contributed by atoms with Crippen LogP contribution in [0, 0.1) is 0 Å². The quantitative estimate of drug-likeness (QED) is 0.925. The van der Waals surface area contributed by atoms with Crippen molar-refractivity contribution < 1.29 is 19.4 Å². The average Bonchev–Trinajstić information content (AvgIpc) is 2.67. The molecule has 0 amide bonds. The van der Waals surface area contributed by atoms with Crippen LogP contribution in [0.15, 0.2) is 28.7 Å². The van der Waals surface area contributed by atoms with Crippen molar-refractivity contribution in [1.82, 2.24) is 4.57 Å². The van der Waals surface area contributed by atoms with Crippen LogP contribution >= 0.6 is 15.9 Å². The number of hydrogen-bond acceptors (Lipinski definition) is 3. The predicted molar refractivity (Wildman–Crippen MR) is 69.0 cm³/mol. The summed E-state index contributed by atoms with van der Waals surface area (Å²) >= 11 is 3.30. The molecule has 1 aromatic heterocycles. The van der Waals surface area contributed by atoms with Gasteiger partial charge in [0.05, 0.1) is 12.1 Å². The minimum Gasteiger partial charge on any atom is -0.477 e. The smallest absolute Gasteiger partial charge is 0.419 e. The lowest BCUT2D eigenvalue weighted by Crippen LogP contribution is -2.18. The van der Waals surface area contributed by atoms with Crippen LogP contribution < -0.4 is 0 Å². The highest BCUT2D eigenvalue weighted by Crippen LogP contribution is 2.24. The Morgan fingerprint density at radius 2 is 2.11 bits per heavy atom. The lowest BCUT2D eigenvalue weighted by atomic mass is 10.2. The third-order valence-corrected chi connectivity index (χ3v) is 2.93. The first-order valence-electron chi connectivity index (χ1n) is 5.26. The van der Waals surface area contributed by atoms with Crippen molar-refractivity contribution in [2.75, 3.05) is 6.61 Å². The molecule has 0 spiro atoms. The molecule has 2 aromatic rings. The van der Waals surface area contributed by atoms with E-state index in [9.17, 15) is 9.59 Å². The van der Waals surface area contributed by atoms with Crippen LogP contribution in [-0.2, 0) is 4.74 Å². The molecule has 0 saturated carbocycles. The summed E-state index contributed by atoms with van der Waals surface area (Å²) < 4.78 is 6.74. The number of rotatable bonds is 2. The Bertz CT molecular complexity index is 632. The summed E-state index contributed by atoms with van der Waals surface area (Å²) in [5.41, 5.74) is 0.399. The van der Waals surface area contributed by atoms with Crippen LogP contribution in [0.5, 0.6) is 0 Å². The number of benzene rings is 1. The Kier molecular flexibility index (Phi) is 3.38. The summed E-state index contributed by atoms with van der Waals surface area (Å²) in [6.45, 7) is 1.86. The molecule has 0 atom stereocenters. The Morgan fingerprint density at radius 1 is 1.39 bits per heavy atom. The van der Waals surface area contributed by atoms with Gasteiger partial charge in [-0.2, -0.15) is 0 Å². The van der Waals surface area contributed by atoms with Crippen LogP contribution in [0.25, 0.3) is 10.9 Å². The van der Waals surface area contributed by atoms with E-state index >= 15 is 0 Å². The molecule has 0 saturated heterocycles. The highest BCUT2D eigenvalue weighted by atomic mass is 79.9. The predicted octanol–water partition coefficient (Wildman–Crippen LogP) is 3.11. The minimum absolute atomic E-state index is 0.110. The van der Waals surface area contributed by atoms with Crippen molar-refractivity contribution in [2.24, 2.45) is 0 Å². The zero-order valence-corrected chi connectivity index (χ0v) is 11.1. The van der Waals surface area contributed by atoms with E-state index in [4.69, 9.17) is 9.84 Å². The normalized spacial score (nSPS) is 10.6. The van der Waals surface area contributed by atoms with Gasteiger partial charge in [-0.25, -0.2) is 14.2 Å². The molecule has 0 aliphatic carbocycles. The molecule has 0 fully saturated rings. The van der Waals surface area contributed by atoms with Gasteiger partial charge >= 0.3 is 12.1 Å². The first kappa shape index (κ1) is 12.6. The number of carboxylic acids is 1. The number of nitrogens with zero attached hydrogens (tertiary/aromatic N) is 1. The molecule has 5 nitrogen and oxygen atoms in total. The number of carbonyl (C=O) groups excluding carboxylic acids is 1. The molecule has 94 valence electrons. The highest BCUT2D eigenvalue weighted by molar-refractivity contribution is 9.10. The van der Waals surface area contributed by atoms with Gasteiger partial charge in [-0.15, -0.1) is 0 Å². The summed E-state index contributed by atoms with van der Waals surface area (Å²) in [6, 6.07) is 6.60. The lowest BCUT2D eigenvalue weighted by molar-refractivity contribution is 0.0682. The molecule has 1 aromatic carbocycles. The van der Waals surface area contributed by atoms with E-state index in [0.717, 1.165) is 9.04 Å². The zero-order chi connectivity index (χ0) is 13.3. The molecule has 0 aliphatic rings. The Balaban J connectivity index is 2.70. The van der Waals surface area contributed by atoms with Gasteiger partial charge in [-0.05, 0) is 31.2 Å². The number of aromatic carboxylic acids is 1. The van der Waals surface area contributed by atoms with Crippen molar-refractivity contribution in [3.63, 3.8) is 0 Å². The van der Waals surface area contributed by atoms with Crippen molar-refractivity contribution in [2.45, 2.75) is 6.92 Å². The fourth-order valence-electron chi connectivity index (χ4n) is 1.73. The van der Waals surface area contributed by atoms with Crippen LogP contribution in [-0.4, -0.2) is 28.3 Å². The molecular weight excluding hydrogens is 302 g/mol. The van der Waals surface area contributed by atoms with Gasteiger partial charge in [0.25, 0.3) is 0 Å². The number of ether oxygens (including phenoxy) is 1. The Hall–Kier alpha value is -1.82. The summed E-state index contributed by atoms with van der Waals surface area (Å²) in [5, 5.41) is 9.77. The first-order chi connectivity index (χ1) is 8.54. The van der Waals surface area contributed by atoms with Gasteiger partial charge in [-0.1, -0.05) is 15.9 Å². The van der Waals surface area contributed by atoms with E-state index in [1.54, 1.807) is 25.1 Å². The van der Waals surface area contributed by atoms with Crippen LogP contribution in [0.1, 0.15) is 17.4 Å². The Labute approximate surface area is 111 Å². The van der Waals surface area contributed by atoms with E-state index in [1.807, 2.05) is 0 Å². The van der Waals surface area contributed by atoms with Crippen LogP contribution in [0.2, 0.25) is 0 Å². The summed E-state index contributed by atoms with van der Waals surface area (Å²) in [6.07, 6.45) is -0.688. The molecule has 1 heterocycles. The maximum atomic E-state index is 11.8. The van der Waals surface area contributed by atoms with Crippen molar-refractivity contribution >= 4 is 38.9 Å². The summed E-state index contributed by atoms with van der Waals surface area (Å²) in [7, 11) is 0. The van der Waals surface area contributed by atoms with Crippen LogP contribution in [0.3, 0.4) is 0 Å². The number of carbonyl (C=O) groups is 2. The molecule has 0 unspecified atom stereocenters. The first-order valence-corrected chi connectivity index (χ1v) is 6.05. The van der Waals surface area contributed by atoms with Gasteiger partial charge in [0.2, 0.25) is 0 Å². The van der Waals surface area contributed by atoms with Gasteiger partial charge in [0, 0.05) is 9.86 Å². The largest absolute Gasteiger partial charge is 0.477 e. The molecule has 0 radical (unpaired) electrons. The Morgan fingerprint density at radius 3 is 2.72 bits per heavy atom. The number of carboxylic acid groups (broad SMARTS) is 1. The number of halogens is 1. The third-order valence-electron chi connectivity index (χ3n) is 2.43. The molecular formula is C12H10BrNO4. The molecule has 1 N–H and O–H groups in total. The molecule has 18 heavy (non-hydrogen) atoms. The van der Waals surface area contributed by atoms with E-state index in [0.29, 0.717) is 10.9 Å². The van der Waals surface area contributed by atoms with Crippen LogP contribution in [0.4, 0.5) is 4.79 Å². The average molecular weight is 312 g/mol. The second-order valence-corrected chi connectivity index (χ2v) is 4.49. The fourth-order valence-corrected chi connectivity index (χ4v) is 2.11. The van der Waals surface area contributed by atoms with Crippen molar-refractivity contribution in [1.29, 1.82) is 0 Å². The topological polar surface area (TPSA) is 68.5 Å². The lowest BCUT2D eigenvalue weighted by Gasteiger charge is -2.06. The zero-order valence-electron chi connectivity index (χ0n) is 9.51. The van der Waals surface area contributed by atoms with Gasteiger partial charge in [-0.3, -0.25) is 0 Å². The standard InChI is InChI=1S/C12H10BrNO4/c1-2-18-12(17)14-9-4-3-8(13)5-7(9)6-10(14)11(15)16/h3-6H,2H2,1H3,(H,15,16). The van der Waals surface area contributed by atoms with Gasteiger partial charge < -0.3 is 9.84 Å². The fraction of sp³-hybridized carbons (Fsp3) is 0.167. The SMILES string of the molecule is CCOC(=O)n1c(C(=O)O)cc2cc(Br)ccc21. The summed E-state index contributed by atoms with van der Waals surface area (Å²) in [4.78, 5) is 22.9. The third kappa shape index (κ3) is 2.11. The molecule has 2 rings (SSSR count). The molecule has 0 aliphatic heterocycles. The monoisotopic (exact) mass is 311 g/mol. The molecule has 0 bridgehead atoms. The molecule has 6 heteroatoms. The second-order valence-electron chi connectivity index (χ2n) is 3.57. The number of hydrogen-bond donors (Lipinski definition) is 1. The summed E-state index contributed by atoms with van der Waals surface area (Å²) in [5.74, 6) is -1.17. The maximum absolute atomic E-state index is 11.8. The van der Waals surface area contributed by atoms with E-state index in [2.05, 4.69) is 15.9 Å². The van der Waals surface area contributed by atoms with Crippen molar-refractivity contribution in [3.8, 4) is 0 Å². The van der Waals surface area contributed by atoms with Gasteiger partial charge in [0.15, 0.2) is 0 Å². The van der Waals surface area contributed by atoms with E-state index < -0.39 is 12.1 Å². The second kappa shape index (κ2) is 4.81. The van der Waals surface area contributed by atoms with E-state index in [-0.39, 0.29) is 12.3 Å². The van der Waals surface area contributed by atoms with E-state index in [1.165, 1.54) is 6.07 Å². The highest BCUT2D eigenvalue weighted by Gasteiger charge is 2.20. The van der Waals surface area contributed by atoms with Gasteiger partial charge in [0.1, 0.15) is 5.69 Å². The van der Waals surface area contributed by atoms with Crippen molar-refractivity contribution in [3.05, 3.63) is 34.4 Å².